The highest BCUT2D eigenvalue weighted by atomic mass is 16.2. The zero-order chi connectivity index (χ0) is 16.6. The van der Waals surface area contributed by atoms with Crippen LogP contribution in [0.1, 0.15) is 38.5 Å². The number of aromatic nitrogens is 2. The van der Waals surface area contributed by atoms with Gasteiger partial charge in [-0.2, -0.15) is 5.10 Å². The van der Waals surface area contributed by atoms with Gasteiger partial charge < -0.3 is 10.2 Å². The Kier molecular flexibility index (Phi) is 3.90. The first-order valence-corrected chi connectivity index (χ1v) is 7.68. The van der Waals surface area contributed by atoms with Crippen molar-refractivity contribution < 1.29 is 9.59 Å². The summed E-state index contributed by atoms with van der Waals surface area (Å²) < 4.78 is 1.66. The number of fused-ring (bicyclic) bond motifs is 1. The highest BCUT2D eigenvalue weighted by Crippen LogP contribution is 2.27. The molecule has 1 aliphatic rings. The minimum atomic E-state index is -0.213. The molecule has 0 aliphatic heterocycles. The largest absolute Gasteiger partial charge is 0.355 e. The fourth-order valence-electron chi connectivity index (χ4n) is 3.15. The molecule has 6 heteroatoms. The van der Waals surface area contributed by atoms with Gasteiger partial charge in [0.05, 0.1) is 16.9 Å². The molecule has 2 aromatic rings. The smallest absolute Gasteiger partial charge is 0.276 e. The van der Waals surface area contributed by atoms with Crippen LogP contribution < -0.4 is 10.2 Å². The van der Waals surface area contributed by atoms with Gasteiger partial charge >= 0.3 is 0 Å². The maximum absolute atomic E-state index is 13.0. The number of nitrogens with zero attached hydrogens (tertiary/aromatic N) is 3. The molecule has 23 heavy (non-hydrogen) atoms. The number of nitrogens with one attached hydrogen (secondary N) is 1. The molecule has 0 atom stereocenters. The van der Waals surface area contributed by atoms with Crippen molar-refractivity contribution in [3.05, 3.63) is 46.8 Å². The first kappa shape index (κ1) is 15.3. The van der Waals surface area contributed by atoms with Gasteiger partial charge in [-0.3, -0.25) is 14.3 Å². The predicted molar refractivity (Wildman–Crippen MR) is 87.8 cm³/mol. The molecule has 0 saturated carbocycles. The Hall–Kier alpha value is -2.63. The number of hydrogen-bond donors (Lipinski definition) is 1. The van der Waals surface area contributed by atoms with E-state index in [-0.39, 0.29) is 11.8 Å². The highest BCUT2D eigenvalue weighted by molar-refractivity contribution is 6.10. The molecule has 0 radical (unpaired) electrons. The van der Waals surface area contributed by atoms with Crippen molar-refractivity contribution in [1.29, 1.82) is 0 Å². The minimum absolute atomic E-state index is 0.139. The molecule has 0 bridgehead atoms. The van der Waals surface area contributed by atoms with Crippen LogP contribution in [0.3, 0.4) is 0 Å². The van der Waals surface area contributed by atoms with Crippen LogP contribution in [-0.4, -0.2) is 35.7 Å². The Morgan fingerprint density at radius 2 is 2.00 bits per heavy atom. The van der Waals surface area contributed by atoms with Crippen LogP contribution in [0.15, 0.2) is 24.3 Å². The molecule has 1 aromatic heterocycles. The van der Waals surface area contributed by atoms with E-state index in [1.807, 2.05) is 6.07 Å². The van der Waals surface area contributed by atoms with Crippen molar-refractivity contribution in [1.82, 2.24) is 15.1 Å². The molecule has 2 amide bonds. The summed E-state index contributed by atoms with van der Waals surface area (Å²) in [6, 6.07) is 7.10. The number of para-hydroxylation sites is 1. The minimum Gasteiger partial charge on any atom is -0.355 e. The summed E-state index contributed by atoms with van der Waals surface area (Å²) in [5.41, 5.74) is 3.74. The number of carbonyl (C=O) groups excluding carboxylic acids is 2. The van der Waals surface area contributed by atoms with Gasteiger partial charge in [-0.25, -0.2) is 0 Å². The number of hydrogen-bond acceptors (Lipinski definition) is 3. The lowest BCUT2D eigenvalue weighted by Gasteiger charge is -2.20. The van der Waals surface area contributed by atoms with Crippen molar-refractivity contribution in [2.45, 2.75) is 19.3 Å². The summed E-state index contributed by atoms with van der Waals surface area (Å²) >= 11 is 0. The number of aryl methyl sites for hydroxylation is 2. The van der Waals surface area contributed by atoms with Crippen LogP contribution in [0.25, 0.3) is 0 Å². The zero-order valence-electron chi connectivity index (χ0n) is 13.6. The molecule has 6 nitrogen and oxygen atoms in total. The number of rotatable bonds is 3. The average Bonchev–Trinajstić information content (AvgIpc) is 3.12. The Morgan fingerprint density at radius 3 is 2.74 bits per heavy atom. The third kappa shape index (κ3) is 2.50. The fourth-order valence-corrected chi connectivity index (χ4v) is 3.15. The standard InChI is InChI=1S/C17H20N4O2/c1-18-16(22)12-7-4-5-10-14(12)20(2)17(23)15-11-8-6-9-13(11)19-21(15)3/h4-5,7,10H,6,8-9H2,1-3H3,(H,18,22). The summed E-state index contributed by atoms with van der Waals surface area (Å²) in [7, 11) is 5.07. The van der Waals surface area contributed by atoms with Crippen molar-refractivity contribution in [3.8, 4) is 0 Å². The van der Waals surface area contributed by atoms with Crippen molar-refractivity contribution in [3.63, 3.8) is 0 Å². The maximum Gasteiger partial charge on any atom is 0.276 e. The third-order valence-electron chi connectivity index (χ3n) is 4.31. The SMILES string of the molecule is CNC(=O)c1ccccc1N(C)C(=O)c1c2c(nn1C)CCC2. The second kappa shape index (κ2) is 5.87. The molecule has 3 rings (SSSR count). The van der Waals surface area contributed by atoms with Crippen LogP contribution in [0.5, 0.6) is 0 Å². The van der Waals surface area contributed by atoms with E-state index < -0.39 is 0 Å². The van der Waals surface area contributed by atoms with Gasteiger partial charge in [-0.15, -0.1) is 0 Å². The lowest BCUT2D eigenvalue weighted by molar-refractivity contribution is 0.0963. The van der Waals surface area contributed by atoms with Crippen LogP contribution in [-0.2, 0) is 19.9 Å². The molecule has 1 aliphatic carbocycles. The van der Waals surface area contributed by atoms with E-state index in [1.54, 1.807) is 44.0 Å². The summed E-state index contributed by atoms with van der Waals surface area (Å²) in [4.78, 5) is 26.5. The molecule has 0 unspecified atom stereocenters. The Balaban J connectivity index is 2.00. The lowest BCUT2D eigenvalue weighted by Crippen LogP contribution is -2.31. The number of amides is 2. The van der Waals surface area contributed by atoms with E-state index in [9.17, 15) is 9.59 Å². The van der Waals surface area contributed by atoms with Gasteiger partial charge in [-0.1, -0.05) is 12.1 Å². The topological polar surface area (TPSA) is 67.2 Å². The highest BCUT2D eigenvalue weighted by Gasteiger charge is 2.28. The average molecular weight is 312 g/mol. The van der Waals surface area contributed by atoms with Gasteiger partial charge in [0.25, 0.3) is 11.8 Å². The second-order valence-electron chi connectivity index (χ2n) is 5.71. The fraction of sp³-hybridized carbons (Fsp3) is 0.353. The summed E-state index contributed by atoms with van der Waals surface area (Å²) in [6.45, 7) is 0. The third-order valence-corrected chi connectivity index (χ3v) is 4.31. The number of carbonyl (C=O) groups is 2. The molecular formula is C17H20N4O2. The first-order valence-electron chi connectivity index (χ1n) is 7.68. The van der Waals surface area contributed by atoms with E-state index in [0.717, 1.165) is 30.5 Å². The van der Waals surface area contributed by atoms with Gasteiger partial charge in [0, 0.05) is 26.7 Å². The normalized spacial score (nSPS) is 12.8. The Labute approximate surface area is 135 Å². The summed E-state index contributed by atoms with van der Waals surface area (Å²) in [5.74, 6) is -0.352. The van der Waals surface area contributed by atoms with Gasteiger partial charge in [0.15, 0.2) is 0 Å². The number of anilines is 1. The van der Waals surface area contributed by atoms with Crippen molar-refractivity contribution >= 4 is 17.5 Å². The van der Waals surface area contributed by atoms with E-state index in [1.165, 1.54) is 4.90 Å². The zero-order valence-corrected chi connectivity index (χ0v) is 13.6. The van der Waals surface area contributed by atoms with Crippen molar-refractivity contribution in [2.24, 2.45) is 7.05 Å². The molecule has 1 heterocycles. The van der Waals surface area contributed by atoms with E-state index in [0.29, 0.717) is 16.9 Å². The predicted octanol–water partition coefficient (Wildman–Crippen LogP) is 1.54. The van der Waals surface area contributed by atoms with Crippen LogP contribution in [0, 0.1) is 0 Å². The summed E-state index contributed by atoms with van der Waals surface area (Å²) in [6.07, 6.45) is 2.85. The van der Waals surface area contributed by atoms with Crippen molar-refractivity contribution in [2.75, 3.05) is 19.0 Å². The maximum atomic E-state index is 13.0. The molecule has 0 fully saturated rings. The van der Waals surface area contributed by atoms with Gasteiger partial charge in [-0.05, 0) is 31.4 Å². The van der Waals surface area contributed by atoms with Crippen LogP contribution >= 0.6 is 0 Å². The Morgan fingerprint density at radius 1 is 1.26 bits per heavy atom. The Bertz CT molecular complexity index is 779. The molecule has 1 aromatic carbocycles. The number of benzene rings is 1. The quantitative estimate of drug-likeness (QED) is 0.935. The van der Waals surface area contributed by atoms with Gasteiger partial charge in [0.1, 0.15) is 5.69 Å². The monoisotopic (exact) mass is 312 g/mol. The molecule has 0 spiro atoms. The molecule has 0 saturated heterocycles. The van der Waals surface area contributed by atoms with E-state index in [4.69, 9.17) is 0 Å². The second-order valence-corrected chi connectivity index (χ2v) is 5.71. The molecule has 120 valence electrons. The van der Waals surface area contributed by atoms with E-state index in [2.05, 4.69) is 10.4 Å². The van der Waals surface area contributed by atoms with Crippen LogP contribution in [0.2, 0.25) is 0 Å². The van der Waals surface area contributed by atoms with E-state index >= 15 is 0 Å². The molecular weight excluding hydrogens is 292 g/mol. The summed E-state index contributed by atoms with van der Waals surface area (Å²) in [5, 5.41) is 7.06. The molecule has 1 N–H and O–H groups in total. The first-order chi connectivity index (χ1) is 11.0. The van der Waals surface area contributed by atoms with Gasteiger partial charge in [0.2, 0.25) is 0 Å². The lowest BCUT2D eigenvalue weighted by atomic mass is 10.1. The van der Waals surface area contributed by atoms with Crippen LogP contribution in [0.4, 0.5) is 5.69 Å².